The van der Waals surface area contributed by atoms with E-state index >= 15 is 0 Å². The van der Waals surface area contributed by atoms with E-state index in [0.29, 0.717) is 5.69 Å². The van der Waals surface area contributed by atoms with Gasteiger partial charge in [-0.3, -0.25) is 10.1 Å². The minimum Gasteiger partial charge on any atom is -0.464 e. The van der Waals surface area contributed by atoms with Crippen LogP contribution in [0.5, 0.6) is 0 Å². The number of hydrogen-bond acceptors (Lipinski definition) is 4. The summed E-state index contributed by atoms with van der Waals surface area (Å²) in [6.45, 7) is 0. The fraction of sp³-hybridized carbons (Fsp3) is 0. The minimum atomic E-state index is -0.430. The maximum atomic E-state index is 10.6. The van der Waals surface area contributed by atoms with E-state index in [1.807, 2.05) is 24.3 Å². The highest BCUT2D eigenvalue weighted by molar-refractivity contribution is 5.75. The molecule has 5 heteroatoms. The number of rotatable bonds is 2. The van der Waals surface area contributed by atoms with Gasteiger partial charge in [0, 0.05) is 17.5 Å². The summed E-state index contributed by atoms with van der Waals surface area (Å²) >= 11 is 0. The van der Waals surface area contributed by atoms with Crippen LogP contribution in [0.15, 0.2) is 70.3 Å². The Morgan fingerprint density at radius 2 is 1.75 bits per heavy atom. The van der Waals surface area contributed by atoms with Crippen LogP contribution < -0.4 is 5.36 Å². The van der Waals surface area contributed by atoms with Crippen LogP contribution in [-0.4, -0.2) is 4.92 Å². The number of fused-ring (bicyclic) bond motifs is 1. The molecule has 0 fully saturated rings. The maximum Gasteiger partial charge on any atom is 0.269 e. The third-order valence-corrected chi connectivity index (χ3v) is 2.89. The lowest BCUT2D eigenvalue weighted by Gasteiger charge is -1.98. The molecule has 0 atom stereocenters. The largest absolute Gasteiger partial charge is 0.464 e. The molecule has 0 aliphatic heterocycles. The standard InChI is InChI=1S/C15H10N2O3/c18-17(19)12-7-5-11(6-8-12)16-14-9-10-20-15-4-2-1-3-13(14)15/h1-10H. The van der Waals surface area contributed by atoms with Gasteiger partial charge in [-0.25, -0.2) is 4.99 Å². The molecule has 0 saturated carbocycles. The molecule has 0 N–H and O–H groups in total. The molecular formula is C15H10N2O3. The molecule has 0 spiro atoms. The zero-order chi connectivity index (χ0) is 13.9. The van der Waals surface area contributed by atoms with Crippen LogP contribution in [0.1, 0.15) is 0 Å². The van der Waals surface area contributed by atoms with Crippen molar-refractivity contribution in [2.45, 2.75) is 0 Å². The zero-order valence-electron chi connectivity index (χ0n) is 10.4. The first-order valence-corrected chi connectivity index (χ1v) is 6.00. The van der Waals surface area contributed by atoms with Gasteiger partial charge >= 0.3 is 0 Å². The first kappa shape index (κ1) is 12.1. The molecule has 0 unspecified atom stereocenters. The third kappa shape index (κ3) is 2.29. The molecule has 3 rings (SSSR count). The van der Waals surface area contributed by atoms with E-state index in [1.165, 1.54) is 12.1 Å². The molecule has 0 bridgehead atoms. The number of non-ortho nitro benzene ring substituents is 1. The van der Waals surface area contributed by atoms with Gasteiger partial charge in [0.15, 0.2) is 0 Å². The highest BCUT2D eigenvalue weighted by Crippen LogP contribution is 2.18. The lowest BCUT2D eigenvalue weighted by Crippen LogP contribution is -2.00. The molecule has 3 aromatic rings. The van der Waals surface area contributed by atoms with Gasteiger partial charge in [0.05, 0.1) is 22.2 Å². The second-order valence-electron chi connectivity index (χ2n) is 4.19. The van der Waals surface area contributed by atoms with E-state index in [-0.39, 0.29) is 5.69 Å². The van der Waals surface area contributed by atoms with Crippen LogP contribution in [0.4, 0.5) is 11.4 Å². The molecule has 0 aliphatic rings. The molecule has 1 aromatic heterocycles. The van der Waals surface area contributed by atoms with Gasteiger partial charge in [0.2, 0.25) is 0 Å². The topological polar surface area (TPSA) is 68.6 Å². The summed E-state index contributed by atoms with van der Waals surface area (Å²) in [4.78, 5) is 14.7. The number of nitro groups is 1. The van der Waals surface area contributed by atoms with Crippen LogP contribution in [0, 0.1) is 10.1 Å². The van der Waals surface area contributed by atoms with Crippen LogP contribution in [0.25, 0.3) is 11.0 Å². The van der Waals surface area contributed by atoms with Gasteiger partial charge in [-0.05, 0) is 30.3 Å². The van der Waals surface area contributed by atoms with E-state index in [0.717, 1.165) is 16.3 Å². The van der Waals surface area contributed by atoms with Gasteiger partial charge in [-0.15, -0.1) is 0 Å². The lowest BCUT2D eigenvalue weighted by atomic mass is 10.2. The van der Waals surface area contributed by atoms with E-state index in [2.05, 4.69) is 4.99 Å². The van der Waals surface area contributed by atoms with Crippen molar-refractivity contribution in [1.82, 2.24) is 0 Å². The predicted octanol–water partition coefficient (Wildman–Crippen LogP) is 3.57. The fourth-order valence-electron chi connectivity index (χ4n) is 1.93. The fourth-order valence-corrected chi connectivity index (χ4v) is 1.93. The number of hydrogen-bond donors (Lipinski definition) is 0. The van der Waals surface area contributed by atoms with Crippen molar-refractivity contribution in [2.24, 2.45) is 4.99 Å². The molecule has 0 amide bonds. The Hall–Kier alpha value is -2.95. The summed E-state index contributed by atoms with van der Waals surface area (Å²) in [6, 6.07) is 15.5. The molecule has 0 saturated heterocycles. The second kappa shape index (κ2) is 4.97. The maximum absolute atomic E-state index is 10.6. The first-order chi connectivity index (χ1) is 9.74. The Kier molecular flexibility index (Phi) is 3.01. The summed E-state index contributed by atoms with van der Waals surface area (Å²) in [5, 5.41) is 12.3. The van der Waals surface area contributed by atoms with Crippen LogP contribution in [-0.2, 0) is 0 Å². The number of nitrogens with zero attached hydrogens (tertiary/aromatic N) is 2. The number of para-hydroxylation sites is 1. The van der Waals surface area contributed by atoms with Gasteiger partial charge in [0.25, 0.3) is 5.69 Å². The quantitative estimate of drug-likeness (QED) is 0.526. The van der Waals surface area contributed by atoms with E-state index in [9.17, 15) is 10.1 Å². The normalized spacial score (nSPS) is 11.7. The average molecular weight is 266 g/mol. The molecule has 0 radical (unpaired) electrons. The average Bonchev–Trinajstić information content (AvgIpc) is 2.48. The SMILES string of the molecule is O=[N+]([O-])c1ccc(N=c2ccoc3ccccc23)cc1. The molecule has 1 heterocycles. The van der Waals surface area contributed by atoms with Crippen molar-refractivity contribution in [2.75, 3.05) is 0 Å². The highest BCUT2D eigenvalue weighted by Gasteiger charge is 2.03. The summed E-state index contributed by atoms with van der Waals surface area (Å²) in [7, 11) is 0. The third-order valence-electron chi connectivity index (χ3n) is 2.89. The zero-order valence-corrected chi connectivity index (χ0v) is 10.4. The predicted molar refractivity (Wildman–Crippen MR) is 74.5 cm³/mol. The van der Waals surface area contributed by atoms with E-state index in [1.54, 1.807) is 24.5 Å². The van der Waals surface area contributed by atoms with Gasteiger partial charge < -0.3 is 4.42 Å². The molecular weight excluding hydrogens is 256 g/mol. The first-order valence-electron chi connectivity index (χ1n) is 6.00. The Morgan fingerprint density at radius 3 is 2.50 bits per heavy atom. The molecule has 20 heavy (non-hydrogen) atoms. The summed E-state index contributed by atoms with van der Waals surface area (Å²) < 4.78 is 5.39. The van der Waals surface area contributed by atoms with Gasteiger partial charge in [0.1, 0.15) is 5.58 Å². The molecule has 5 nitrogen and oxygen atoms in total. The molecule has 98 valence electrons. The van der Waals surface area contributed by atoms with E-state index < -0.39 is 4.92 Å². The van der Waals surface area contributed by atoms with E-state index in [4.69, 9.17) is 4.42 Å². The monoisotopic (exact) mass is 266 g/mol. The molecule has 0 aliphatic carbocycles. The van der Waals surface area contributed by atoms with Crippen LogP contribution >= 0.6 is 0 Å². The van der Waals surface area contributed by atoms with Crippen LogP contribution in [0.3, 0.4) is 0 Å². The smallest absolute Gasteiger partial charge is 0.269 e. The van der Waals surface area contributed by atoms with Gasteiger partial charge in [-0.1, -0.05) is 12.1 Å². The Morgan fingerprint density at radius 1 is 1.00 bits per heavy atom. The number of benzene rings is 2. The van der Waals surface area contributed by atoms with Crippen molar-refractivity contribution in [3.63, 3.8) is 0 Å². The molecule has 2 aromatic carbocycles. The summed E-state index contributed by atoms with van der Waals surface area (Å²) in [5.74, 6) is 0. The Bertz CT molecular complexity index is 830. The Balaban J connectivity index is 2.12. The number of nitro benzene ring substituents is 1. The second-order valence-corrected chi connectivity index (χ2v) is 4.19. The Labute approximate surface area is 114 Å². The van der Waals surface area contributed by atoms with Crippen LogP contribution in [0.2, 0.25) is 0 Å². The van der Waals surface area contributed by atoms with Crippen molar-refractivity contribution in [3.8, 4) is 0 Å². The minimum absolute atomic E-state index is 0.0527. The van der Waals surface area contributed by atoms with Crippen molar-refractivity contribution < 1.29 is 9.34 Å². The van der Waals surface area contributed by atoms with Crippen molar-refractivity contribution >= 4 is 22.3 Å². The van der Waals surface area contributed by atoms with Gasteiger partial charge in [-0.2, -0.15) is 0 Å². The highest BCUT2D eigenvalue weighted by atomic mass is 16.6. The van der Waals surface area contributed by atoms with Crippen molar-refractivity contribution in [1.29, 1.82) is 0 Å². The summed E-state index contributed by atoms with van der Waals surface area (Å²) in [6.07, 6.45) is 1.58. The lowest BCUT2D eigenvalue weighted by molar-refractivity contribution is -0.384. The summed E-state index contributed by atoms with van der Waals surface area (Å²) in [5.41, 5.74) is 1.46. The van der Waals surface area contributed by atoms with Crippen molar-refractivity contribution in [3.05, 3.63) is 76.3 Å².